The molecule has 2 rings (SSSR count). The summed E-state index contributed by atoms with van der Waals surface area (Å²) in [6, 6.07) is 9.81. The standard InChI is InChI=1S/C16H20N2O2/c1-4-13-11(3)17-15(18-16(13)19)14(20-5-2)12-9-7-6-8-10-12/h6-10,14H,4-5H2,1-3H3,(H,17,18,19). The highest BCUT2D eigenvalue weighted by Gasteiger charge is 2.18. The van der Waals surface area contributed by atoms with Gasteiger partial charge in [0.15, 0.2) is 0 Å². The molecule has 0 radical (unpaired) electrons. The van der Waals surface area contributed by atoms with Gasteiger partial charge in [0.25, 0.3) is 5.56 Å². The van der Waals surface area contributed by atoms with Crippen molar-refractivity contribution in [1.29, 1.82) is 0 Å². The Morgan fingerprint density at radius 2 is 1.95 bits per heavy atom. The monoisotopic (exact) mass is 272 g/mol. The van der Waals surface area contributed by atoms with Crippen LogP contribution in [-0.4, -0.2) is 16.6 Å². The van der Waals surface area contributed by atoms with Crippen LogP contribution < -0.4 is 5.56 Å². The largest absolute Gasteiger partial charge is 0.366 e. The molecule has 1 aromatic carbocycles. The first-order valence-corrected chi connectivity index (χ1v) is 6.93. The van der Waals surface area contributed by atoms with E-state index in [1.54, 1.807) is 0 Å². The lowest BCUT2D eigenvalue weighted by molar-refractivity contribution is 0.0847. The average molecular weight is 272 g/mol. The zero-order valence-electron chi connectivity index (χ0n) is 12.1. The van der Waals surface area contributed by atoms with E-state index in [4.69, 9.17) is 4.74 Å². The van der Waals surface area contributed by atoms with Crippen molar-refractivity contribution in [2.24, 2.45) is 0 Å². The van der Waals surface area contributed by atoms with E-state index in [-0.39, 0.29) is 11.7 Å². The van der Waals surface area contributed by atoms with Gasteiger partial charge in [-0.05, 0) is 25.8 Å². The van der Waals surface area contributed by atoms with Gasteiger partial charge in [-0.25, -0.2) is 4.98 Å². The molecule has 1 N–H and O–H groups in total. The van der Waals surface area contributed by atoms with E-state index in [9.17, 15) is 4.79 Å². The van der Waals surface area contributed by atoms with Crippen molar-refractivity contribution in [3.63, 3.8) is 0 Å². The Bertz CT molecular complexity index is 620. The second kappa shape index (κ2) is 6.48. The zero-order valence-corrected chi connectivity index (χ0v) is 12.1. The zero-order chi connectivity index (χ0) is 14.5. The summed E-state index contributed by atoms with van der Waals surface area (Å²) in [6.07, 6.45) is 0.345. The van der Waals surface area contributed by atoms with Gasteiger partial charge in [-0.2, -0.15) is 0 Å². The predicted molar refractivity (Wildman–Crippen MR) is 78.9 cm³/mol. The van der Waals surface area contributed by atoms with Crippen molar-refractivity contribution in [1.82, 2.24) is 9.97 Å². The molecule has 2 aromatic rings. The molecule has 0 saturated carbocycles. The van der Waals surface area contributed by atoms with Gasteiger partial charge in [0, 0.05) is 17.9 Å². The van der Waals surface area contributed by atoms with Crippen LogP contribution in [0.4, 0.5) is 0 Å². The van der Waals surface area contributed by atoms with Gasteiger partial charge in [-0.1, -0.05) is 37.3 Å². The number of H-pyrrole nitrogens is 1. The van der Waals surface area contributed by atoms with Crippen molar-refractivity contribution in [2.75, 3.05) is 6.61 Å². The molecule has 0 bridgehead atoms. The van der Waals surface area contributed by atoms with E-state index in [2.05, 4.69) is 9.97 Å². The topological polar surface area (TPSA) is 55.0 Å². The van der Waals surface area contributed by atoms with Crippen LogP contribution in [0.5, 0.6) is 0 Å². The summed E-state index contributed by atoms with van der Waals surface area (Å²) in [5.74, 6) is 0.567. The summed E-state index contributed by atoms with van der Waals surface area (Å²) >= 11 is 0. The van der Waals surface area contributed by atoms with Crippen molar-refractivity contribution >= 4 is 0 Å². The fourth-order valence-electron chi connectivity index (χ4n) is 2.30. The summed E-state index contributed by atoms with van der Waals surface area (Å²) in [7, 11) is 0. The minimum Gasteiger partial charge on any atom is -0.366 e. The number of rotatable bonds is 5. The molecule has 0 aliphatic rings. The van der Waals surface area contributed by atoms with Gasteiger partial charge in [0.05, 0.1) is 0 Å². The minimum atomic E-state index is -0.335. The first-order valence-electron chi connectivity index (χ1n) is 6.93. The number of nitrogens with zero attached hydrogens (tertiary/aromatic N) is 1. The number of hydrogen-bond acceptors (Lipinski definition) is 3. The first-order chi connectivity index (χ1) is 9.67. The number of hydrogen-bond donors (Lipinski definition) is 1. The van der Waals surface area contributed by atoms with Gasteiger partial charge in [0.1, 0.15) is 11.9 Å². The molecule has 0 aliphatic carbocycles. The van der Waals surface area contributed by atoms with Crippen LogP contribution >= 0.6 is 0 Å². The summed E-state index contributed by atoms with van der Waals surface area (Å²) < 4.78 is 5.76. The molecule has 1 aromatic heterocycles. The summed E-state index contributed by atoms with van der Waals surface area (Å²) in [5, 5.41) is 0. The Morgan fingerprint density at radius 3 is 2.50 bits per heavy atom. The van der Waals surface area contributed by atoms with Gasteiger partial charge in [-0.3, -0.25) is 4.79 Å². The van der Waals surface area contributed by atoms with Crippen molar-refractivity contribution in [3.05, 3.63) is 63.3 Å². The van der Waals surface area contributed by atoms with Crippen LogP contribution in [0, 0.1) is 6.92 Å². The van der Waals surface area contributed by atoms with Gasteiger partial charge >= 0.3 is 0 Å². The average Bonchev–Trinajstić information content (AvgIpc) is 2.45. The lowest BCUT2D eigenvalue weighted by atomic mass is 10.1. The van der Waals surface area contributed by atoms with Crippen LogP contribution in [0.15, 0.2) is 35.1 Å². The lowest BCUT2D eigenvalue weighted by Gasteiger charge is -2.17. The van der Waals surface area contributed by atoms with E-state index in [1.165, 1.54) is 0 Å². The number of nitrogens with one attached hydrogen (secondary N) is 1. The molecule has 1 atom stereocenters. The third-order valence-electron chi connectivity index (χ3n) is 3.28. The van der Waals surface area contributed by atoms with Gasteiger partial charge in [-0.15, -0.1) is 0 Å². The highest BCUT2D eigenvalue weighted by Crippen LogP contribution is 2.22. The molecule has 0 aliphatic heterocycles. The van der Waals surface area contributed by atoms with Gasteiger partial charge in [0.2, 0.25) is 0 Å². The number of ether oxygens (including phenoxy) is 1. The second-order valence-corrected chi connectivity index (χ2v) is 4.61. The summed E-state index contributed by atoms with van der Waals surface area (Å²) in [5.41, 5.74) is 2.42. The molecule has 20 heavy (non-hydrogen) atoms. The molecule has 0 fully saturated rings. The number of aromatic amines is 1. The molecular formula is C16H20N2O2. The quantitative estimate of drug-likeness (QED) is 0.910. The first kappa shape index (κ1) is 14.5. The Balaban J connectivity index is 2.48. The Kier molecular flexibility index (Phi) is 4.69. The van der Waals surface area contributed by atoms with Crippen LogP contribution in [0.1, 0.15) is 42.6 Å². The molecule has 0 amide bonds. The highest BCUT2D eigenvalue weighted by atomic mass is 16.5. The Morgan fingerprint density at radius 1 is 1.25 bits per heavy atom. The van der Waals surface area contributed by atoms with E-state index < -0.39 is 0 Å². The van der Waals surface area contributed by atoms with E-state index in [0.717, 1.165) is 16.8 Å². The Labute approximate surface area is 118 Å². The fourth-order valence-corrected chi connectivity index (χ4v) is 2.30. The highest BCUT2D eigenvalue weighted by molar-refractivity contribution is 5.25. The summed E-state index contributed by atoms with van der Waals surface area (Å²) in [6.45, 7) is 6.31. The van der Waals surface area contributed by atoms with E-state index in [0.29, 0.717) is 18.9 Å². The molecule has 4 nitrogen and oxygen atoms in total. The smallest absolute Gasteiger partial charge is 0.254 e. The van der Waals surface area contributed by atoms with Crippen molar-refractivity contribution in [3.8, 4) is 0 Å². The maximum absolute atomic E-state index is 12.1. The third kappa shape index (κ3) is 2.96. The third-order valence-corrected chi connectivity index (χ3v) is 3.28. The molecule has 0 saturated heterocycles. The number of aryl methyl sites for hydroxylation is 1. The fraction of sp³-hybridized carbons (Fsp3) is 0.375. The SMILES string of the molecule is CCOC(c1ccccc1)c1nc(C)c(CC)c(=O)[nH]1. The maximum Gasteiger partial charge on any atom is 0.254 e. The van der Waals surface area contributed by atoms with Gasteiger partial charge < -0.3 is 9.72 Å². The normalized spacial score (nSPS) is 12.3. The molecule has 0 spiro atoms. The van der Waals surface area contributed by atoms with E-state index in [1.807, 2.05) is 51.1 Å². The molecule has 106 valence electrons. The van der Waals surface area contributed by atoms with Crippen LogP contribution in [0.2, 0.25) is 0 Å². The number of benzene rings is 1. The minimum absolute atomic E-state index is 0.0735. The lowest BCUT2D eigenvalue weighted by Crippen LogP contribution is -2.22. The molecule has 4 heteroatoms. The van der Waals surface area contributed by atoms with E-state index >= 15 is 0 Å². The van der Waals surface area contributed by atoms with Crippen LogP contribution in [0.3, 0.4) is 0 Å². The molecular weight excluding hydrogens is 252 g/mol. The summed E-state index contributed by atoms with van der Waals surface area (Å²) in [4.78, 5) is 19.5. The Hall–Kier alpha value is -1.94. The van der Waals surface area contributed by atoms with Crippen LogP contribution in [0.25, 0.3) is 0 Å². The van der Waals surface area contributed by atoms with Crippen molar-refractivity contribution in [2.45, 2.75) is 33.3 Å². The van der Waals surface area contributed by atoms with Crippen LogP contribution in [-0.2, 0) is 11.2 Å². The predicted octanol–water partition coefficient (Wildman–Crippen LogP) is 2.77. The van der Waals surface area contributed by atoms with Crippen molar-refractivity contribution < 1.29 is 4.74 Å². The molecule has 1 unspecified atom stereocenters. The maximum atomic E-state index is 12.1. The molecule has 1 heterocycles. The number of aromatic nitrogens is 2. The second-order valence-electron chi connectivity index (χ2n) is 4.61.